The fourth-order valence-corrected chi connectivity index (χ4v) is 8.48. The van der Waals surface area contributed by atoms with Gasteiger partial charge >= 0.3 is 6.09 Å². The molecule has 4 fully saturated rings. The fraction of sp³-hybridized carbons (Fsp3) is 0.567. The summed E-state index contributed by atoms with van der Waals surface area (Å²) in [6, 6.07) is 21.7. The highest BCUT2D eigenvalue weighted by molar-refractivity contribution is 5.69. The van der Waals surface area contributed by atoms with Gasteiger partial charge in [-0.25, -0.2) is 4.79 Å². The normalized spacial score (nSPS) is 34.0. The van der Waals surface area contributed by atoms with Crippen LogP contribution in [0.25, 0.3) is 0 Å². The molecule has 182 valence electrons. The van der Waals surface area contributed by atoms with E-state index in [-0.39, 0.29) is 28.0 Å². The molecule has 2 unspecified atom stereocenters. The number of anilines is 1. The molecule has 0 spiro atoms. The molecular formula is C30H40N2O2. The maximum Gasteiger partial charge on any atom is 0.408 e. The fourth-order valence-electron chi connectivity index (χ4n) is 8.48. The first-order chi connectivity index (χ1) is 15.9. The van der Waals surface area contributed by atoms with E-state index < -0.39 is 5.60 Å². The lowest BCUT2D eigenvalue weighted by Gasteiger charge is -2.71. The number of nitrogens with one attached hydrogen (secondary N) is 1. The SMILES string of the molecule is CC12CC3(C)CC(NC(=O)OC(C)(C)C)(C1)CC(N(Cc1ccccc1)c1ccccc1)(C2)C3. The van der Waals surface area contributed by atoms with Gasteiger partial charge < -0.3 is 15.0 Å². The Balaban J connectivity index is 1.55. The minimum absolute atomic E-state index is 0.00947. The Labute approximate surface area is 205 Å². The van der Waals surface area contributed by atoms with Gasteiger partial charge in [-0.1, -0.05) is 62.4 Å². The maximum absolute atomic E-state index is 13.0. The molecule has 4 aliphatic carbocycles. The Morgan fingerprint density at radius 1 is 0.853 bits per heavy atom. The summed E-state index contributed by atoms with van der Waals surface area (Å²) in [5.41, 5.74) is 2.25. The number of ether oxygens (including phenoxy) is 1. The number of amides is 1. The predicted molar refractivity (Wildman–Crippen MR) is 138 cm³/mol. The van der Waals surface area contributed by atoms with Gasteiger partial charge in [0.15, 0.2) is 0 Å². The van der Waals surface area contributed by atoms with Crippen LogP contribution in [0, 0.1) is 10.8 Å². The van der Waals surface area contributed by atoms with E-state index in [2.05, 4.69) is 84.7 Å². The number of carbonyl (C=O) groups excluding carboxylic acids is 1. The Hall–Kier alpha value is -2.49. The lowest BCUT2D eigenvalue weighted by molar-refractivity contribution is -0.130. The van der Waals surface area contributed by atoms with Crippen LogP contribution in [-0.2, 0) is 11.3 Å². The van der Waals surface area contributed by atoms with Gasteiger partial charge in [0.05, 0.1) is 0 Å². The van der Waals surface area contributed by atoms with Crippen molar-refractivity contribution in [3.8, 4) is 0 Å². The average Bonchev–Trinajstić information content (AvgIpc) is 2.68. The summed E-state index contributed by atoms with van der Waals surface area (Å²) >= 11 is 0. The van der Waals surface area contributed by atoms with Crippen LogP contribution in [-0.4, -0.2) is 22.8 Å². The van der Waals surface area contributed by atoms with Crippen molar-refractivity contribution in [2.24, 2.45) is 10.8 Å². The van der Waals surface area contributed by atoms with Gasteiger partial charge in [0.25, 0.3) is 0 Å². The quantitative estimate of drug-likeness (QED) is 0.518. The number of nitrogens with zero attached hydrogens (tertiary/aromatic N) is 1. The van der Waals surface area contributed by atoms with E-state index in [9.17, 15) is 4.79 Å². The number of para-hydroxylation sites is 1. The van der Waals surface area contributed by atoms with Gasteiger partial charge in [0.2, 0.25) is 0 Å². The summed E-state index contributed by atoms with van der Waals surface area (Å²) in [7, 11) is 0. The zero-order valence-corrected chi connectivity index (χ0v) is 21.5. The summed E-state index contributed by atoms with van der Waals surface area (Å²) in [5.74, 6) is 0. The molecule has 4 saturated carbocycles. The van der Waals surface area contributed by atoms with Gasteiger partial charge in [-0.15, -0.1) is 0 Å². The highest BCUT2D eigenvalue weighted by Crippen LogP contribution is 2.69. The van der Waals surface area contributed by atoms with Crippen molar-refractivity contribution in [2.45, 2.75) is 96.4 Å². The van der Waals surface area contributed by atoms with E-state index in [0.29, 0.717) is 0 Å². The Morgan fingerprint density at radius 2 is 1.41 bits per heavy atom. The molecular weight excluding hydrogens is 420 g/mol. The van der Waals surface area contributed by atoms with Crippen LogP contribution >= 0.6 is 0 Å². The molecule has 1 amide bonds. The summed E-state index contributed by atoms with van der Waals surface area (Å²) in [6.07, 6.45) is 6.31. The molecule has 0 aliphatic heterocycles. The van der Waals surface area contributed by atoms with Crippen LogP contribution in [0.3, 0.4) is 0 Å². The van der Waals surface area contributed by atoms with E-state index in [1.165, 1.54) is 17.7 Å². The lowest BCUT2D eigenvalue weighted by atomic mass is 9.40. The number of alkyl carbamates (subject to hydrolysis) is 1. The van der Waals surface area contributed by atoms with Crippen LogP contribution in [0.15, 0.2) is 60.7 Å². The van der Waals surface area contributed by atoms with Crippen LogP contribution in [0.5, 0.6) is 0 Å². The summed E-state index contributed by atoms with van der Waals surface area (Å²) in [6.45, 7) is 11.6. The molecule has 0 aromatic heterocycles. The molecule has 2 aromatic carbocycles. The molecule has 2 atom stereocenters. The first kappa shape index (κ1) is 23.3. The minimum Gasteiger partial charge on any atom is -0.444 e. The summed E-state index contributed by atoms with van der Waals surface area (Å²) < 4.78 is 5.75. The molecule has 4 heteroatoms. The van der Waals surface area contributed by atoms with E-state index in [1.54, 1.807) is 0 Å². The van der Waals surface area contributed by atoms with E-state index in [4.69, 9.17) is 4.74 Å². The van der Waals surface area contributed by atoms with Crippen LogP contribution in [0.2, 0.25) is 0 Å². The summed E-state index contributed by atoms with van der Waals surface area (Å²) in [5, 5.41) is 3.44. The molecule has 0 radical (unpaired) electrons. The first-order valence-electron chi connectivity index (χ1n) is 12.8. The predicted octanol–water partition coefficient (Wildman–Crippen LogP) is 7.09. The first-order valence-corrected chi connectivity index (χ1v) is 12.8. The molecule has 0 heterocycles. The third-order valence-electron chi connectivity index (χ3n) is 8.15. The average molecular weight is 461 g/mol. The van der Waals surface area contributed by atoms with Crippen molar-refractivity contribution in [3.05, 3.63) is 66.2 Å². The van der Waals surface area contributed by atoms with Crippen molar-refractivity contribution in [3.63, 3.8) is 0 Å². The monoisotopic (exact) mass is 460 g/mol. The lowest BCUT2D eigenvalue weighted by Crippen LogP contribution is -2.74. The molecule has 6 rings (SSSR count). The van der Waals surface area contributed by atoms with Gasteiger partial charge in [-0.05, 0) is 87.8 Å². The van der Waals surface area contributed by atoms with Crippen molar-refractivity contribution < 1.29 is 9.53 Å². The smallest absolute Gasteiger partial charge is 0.408 e. The van der Waals surface area contributed by atoms with E-state index in [0.717, 1.165) is 38.6 Å². The minimum atomic E-state index is -0.499. The number of hydrogen-bond acceptors (Lipinski definition) is 3. The maximum atomic E-state index is 13.0. The van der Waals surface area contributed by atoms with Gasteiger partial charge in [-0.3, -0.25) is 0 Å². The molecule has 34 heavy (non-hydrogen) atoms. The van der Waals surface area contributed by atoms with Crippen molar-refractivity contribution in [1.29, 1.82) is 0 Å². The zero-order valence-electron chi connectivity index (χ0n) is 21.5. The number of hydrogen-bond donors (Lipinski definition) is 1. The van der Waals surface area contributed by atoms with Gasteiger partial charge in [-0.2, -0.15) is 0 Å². The van der Waals surface area contributed by atoms with Crippen molar-refractivity contribution in [2.75, 3.05) is 4.90 Å². The van der Waals surface area contributed by atoms with E-state index in [1.807, 2.05) is 20.8 Å². The Kier molecular flexibility index (Phi) is 5.31. The van der Waals surface area contributed by atoms with Crippen molar-refractivity contribution >= 4 is 11.8 Å². The second kappa shape index (κ2) is 7.76. The highest BCUT2D eigenvalue weighted by Gasteiger charge is 2.67. The molecule has 1 N–H and O–H groups in total. The topological polar surface area (TPSA) is 41.6 Å². The van der Waals surface area contributed by atoms with Crippen LogP contribution in [0.1, 0.15) is 78.7 Å². The molecule has 4 bridgehead atoms. The number of benzene rings is 2. The van der Waals surface area contributed by atoms with Crippen molar-refractivity contribution in [1.82, 2.24) is 5.32 Å². The molecule has 4 nitrogen and oxygen atoms in total. The second-order valence-corrected chi connectivity index (χ2v) is 13.2. The standard InChI is InChI=1S/C30H40N2O2/c1-26(2,3)34-25(33)31-29-18-27(4)17-28(5,19-29)21-30(20-27,22-29)32(24-14-10-7-11-15-24)16-23-12-8-6-9-13-23/h6-15H,16-22H2,1-5H3,(H,31,33). The third kappa shape index (κ3) is 4.44. The third-order valence-corrected chi connectivity index (χ3v) is 8.15. The molecule has 4 aliphatic rings. The molecule has 2 aromatic rings. The van der Waals surface area contributed by atoms with Gasteiger partial charge in [0.1, 0.15) is 5.60 Å². The second-order valence-electron chi connectivity index (χ2n) is 13.2. The highest BCUT2D eigenvalue weighted by atomic mass is 16.6. The Bertz CT molecular complexity index is 1020. The Morgan fingerprint density at radius 3 is 1.97 bits per heavy atom. The van der Waals surface area contributed by atoms with Gasteiger partial charge in [0, 0.05) is 23.3 Å². The van der Waals surface area contributed by atoms with Crippen LogP contribution < -0.4 is 10.2 Å². The number of rotatable bonds is 5. The zero-order chi connectivity index (χ0) is 24.2. The number of carbonyl (C=O) groups is 1. The largest absolute Gasteiger partial charge is 0.444 e. The van der Waals surface area contributed by atoms with Crippen LogP contribution in [0.4, 0.5) is 10.5 Å². The molecule has 0 saturated heterocycles. The summed E-state index contributed by atoms with van der Waals surface area (Å²) in [4.78, 5) is 15.7. The van der Waals surface area contributed by atoms with E-state index >= 15 is 0 Å².